The molecule has 0 saturated carbocycles. The van der Waals surface area contributed by atoms with Gasteiger partial charge in [0.2, 0.25) is 0 Å². The van der Waals surface area contributed by atoms with Crippen LogP contribution in [0.5, 0.6) is 0 Å². The van der Waals surface area contributed by atoms with Crippen LogP contribution < -0.4 is 15.5 Å². The maximum absolute atomic E-state index is 12.6. The maximum atomic E-state index is 12.6. The van der Waals surface area contributed by atoms with E-state index in [1.165, 1.54) is 0 Å². The highest BCUT2D eigenvalue weighted by Gasteiger charge is 2.44. The van der Waals surface area contributed by atoms with Crippen LogP contribution in [0.2, 0.25) is 5.02 Å². The molecule has 2 heterocycles. The Morgan fingerprint density at radius 3 is 2.56 bits per heavy atom. The number of carbonyl (C=O) groups excluding carboxylic acids is 2. The summed E-state index contributed by atoms with van der Waals surface area (Å²) in [5.41, 5.74) is 1.74. The number of amides is 3. The first-order valence-electron chi connectivity index (χ1n) is 8.95. The summed E-state index contributed by atoms with van der Waals surface area (Å²) in [5, 5.41) is 6.60. The molecule has 27 heavy (non-hydrogen) atoms. The maximum Gasteiger partial charge on any atom is 0.321 e. The predicted octanol–water partition coefficient (Wildman–Crippen LogP) is 3.54. The minimum atomic E-state index is -0.485. The van der Waals surface area contributed by atoms with Crippen LogP contribution in [0.1, 0.15) is 23.2 Å². The summed E-state index contributed by atoms with van der Waals surface area (Å²) in [7, 11) is 1.98. The van der Waals surface area contributed by atoms with Crippen molar-refractivity contribution in [1.29, 1.82) is 0 Å². The smallest absolute Gasteiger partial charge is 0.321 e. The van der Waals surface area contributed by atoms with Gasteiger partial charge in [-0.25, -0.2) is 4.79 Å². The van der Waals surface area contributed by atoms with E-state index >= 15 is 0 Å². The number of piperidine rings is 1. The van der Waals surface area contributed by atoms with Gasteiger partial charge < -0.3 is 20.4 Å². The molecule has 1 fully saturated rings. The van der Waals surface area contributed by atoms with E-state index in [1.807, 2.05) is 43.4 Å². The molecular weight excluding hydrogens is 364 g/mol. The summed E-state index contributed by atoms with van der Waals surface area (Å²) >= 11 is 6.04. The molecule has 140 valence electrons. The minimum Gasteiger partial charge on any atom is -0.351 e. The number of nitrogens with zero attached hydrogens (tertiary/aromatic N) is 2. The van der Waals surface area contributed by atoms with Crippen molar-refractivity contribution in [3.8, 4) is 0 Å². The molecule has 2 N–H and O–H groups in total. The van der Waals surface area contributed by atoms with Crippen molar-refractivity contribution in [2.75, 3.05) is 30.4 Å². The van der Waals surface area contributed by atoms with Gasteiger partial charge in [-0.05, 0) is 30.3 Å². The number of nitrogens with one attached hydrogen (secondary N) is 2. The lowest BCUT2D eigenvalue weighted by molar-refractivity contribution is 0.0815. The van der Waals surface area contributed by atoms with E-state index in [4.69, 9.17) is 11.6 Å². The van der Waals surface area contributed by atoms with Crippen LogP contribution in [-0.2, 0) is 0 Å². The molecule has 0 aromatic heterocycles. The zero-order valence-corrected chi connectivity index (χ0v) is 15.8. The first kappa shape index (κ1) is 17.7. The van der Waals surface area contributed by atoms with Gasteiger partial charge >= 0.3 is 6.03 Å². The number of rotatable bonds is 1. The molecule has 2 aliphatic rings. The van der Waals surface area contributed by atoms with Gasteiger partial charge in [-0.2, -0.15) is 0 Å². The molecule has 7 heteroatoms. The monoisotopic (exact) mass is 384 g/mol. The van der Waals surface area contributed by atoms with E-state index < -0.39 is 5.66 Å². The number of fused-ring (bicyclic) bond motifs is 1. The summed E-state index contributed by atoms with van der Waals surface area (Å²) in [5.74, 6) is -0.118. The Bertz CT molecular complexity index is 879. The average Bonchev–Trinajstić information content (AvgIpc) is 2.67. The number of benzene rings is 2. The van der Waals surface area contributed by atoms with Crippen LogP contribution >= 0.6 is 11.6 Å². The molecule has 4 rings (SSSR count). The van der Waals surface area contributed by atoms with E-state index in [-0.39, 0.29) is 11.9 Å². The molecule has 3 amide bonds. The Balaban J connectivity index is 1.47. The minimum absolute atomic E-state index is 0.118. The number of anilines is 2. The van der Waals surface area contributed by atoms with Crippen molar-refractivity contribution in [3.05, 3.63) is 59.1 Å². The SMILES string of the molecule is CN1c2ccc(Cl)cc2C(=O)NC12CCN(C(=O)Nc1ccccc1)CC2. The second-order valence-corrected chi connectivity index (χ2v) is 7.43. The lowest BCUT2D eigenvalue weighted by Crippen LogP contribution is -2.67. The highest BCUT2D eigenvalue weighted by molar-refractivity contribution is 6.31. The molecule has 6 nitrogen and oxygen atoms in total. The molecular formula is C20H21ClN4O2. The molecule has 0 atom stereocenters. The summed E-state index contributed by atoms with van der Waals surface area (Å²) in [6.45, 7) is 1.12. The summed E-state index contributed by atoms with van der Waals surface area (Å²) < 4.78 is 0. The highest BCUT2D eigenvalue weighted by atomic mass is 35.5. The molecule has 0 radical (unpaired) electrons. The normalized spacial score (nSPS) is 18.1. The predicted molar refractivity (Wildman–Crippen MR) is 106 cm³/mol. The second-order valence-electron chi connectivity index (χ2n) is 6.99. The lowest BCUT2D eigenvalue weighted by Gasteiger charge is -2.51. The van der Waals surface area contributed by atoms with Crippen LogP contribution in [0.15, 0.2) is 48.5 Å². The van der Waals surface area contributed by atoms with Gasteiger partial charge in [0.15, 0.2) is 0 Å². The van der Waals surface area contributed by atoms with Crippen molar-refractivity contribution in [2.24, 2.45) is 0 Å². The van der Waals surface area contributed by atoms with Gasteiger partial charge in [-0.3, -0.25) is 4.79 Å². The van der Waals surface area contributed by atoms with Gasteiger partial charge in [0.05, 0.1) is 11.3 Å². The summed E-state index contributed by atoms with van der Waals surface area (Å²) in [4.78, 5) is 29.0. The van der Waals surface area contributed by atoms with Crippen LogP contribution in [0.25, 0.3) is 0 Å². The summed E-state index contributed by atoms with van der Waals surface area (Å²) in [6, 6.07) is 14.7. The van der Waals surface area contributed by atoms with Crippen molar-refractivity contribution >= 4 is 34.9 Å². The highest BCUT2D eigenvalue weighted by Crippen LogP contribution is 2.37. The van der Waals surface area contributed by atoms with E-state index in [0.29, 0.717) is 36.5 Å². The van der Waals surface area contributed by atoms with Gasteiger partial charge in [0, 0.05) is 43.7 Å². The van der Waals surface area contributed by atoms with E-state index in [0.717, 1.165) is 11.4 Å². The van der Waals surface area contributed by atoms with Gasteiger partial charge in [0.25, 0.3) is 5.91 Å². The number of carbonyl (C=O) groups is 2. The quantitative estimate of drug-likeness (QED) is 0.790. The molecule has 2 aliphatic heterocycles. The third kappa shape index (κ3) is 3.21. The lowest BCUT2D eigenvalue weighted by atomic mass is 9.90. The Hall–Kier alpha value is -2.73. The average molecular weight is 385 g/mol. The fraction of sp³-hybridized carbons (Fsp3) is 0.300. The molecule has 1 saturated heterocycles. The van der Waals surface area contributed by atoms with E-state index in [1.54, 1.807) is 17.0 Å². The summed E-state index contributed by atoms with van der Waals surface area (Å²) in [6.07, 6.45) is 1.30. The Morgan fingerprint density at radius 2 is 1.85 bits per heavy atom. The fourth-order valence-corrected chi connectivity index (χ4v) is 4.01. The second kappa shape index (κ2) is 6.78. The Morgan fingerprint density at radius 1 is 1.15 bits per heavy atom. The van der Waals surface area contributed by atoms with Crippen molar-refractivity contribution in [1.82, 2.24) is 10.2 Å². The number of likely N-dealkylation sites (tertiary alicyclic amines) is 1. The molecule has 0 aliphatic carbocycles. The molecule has 2 aromatic rings. The molecule has 0 unspecified atom stereocenters. The largest absolute Gasteiger partial charge is 0.351 e. The van der Waals surface area contributed by atoms with Crippen LogP contribution in [0, 0.1) is 0 Å². The van der Waals surface area contributed by atoms with Crippen molar-refractivity contribution in [2.45, 2.75) is 18.5 Å². The third-order valence-electron chi connectivity index (χ3n) is 5.46. The Labute approximate surface area is 163 Å². The topological polar surface area (TPSA) is 64.7 Å². The van der Waals surface area contributed by atoms with Gasteiger partial charge in [-0.1, -0.05) is 29.8 Å². The molecule has 0 bridgehead atoms. The fourth-order valence-electron chi connectivity index (χ4n) is 3.84. The van der Waals surface area contributed by atoms with Crippen LogP contribution in [0.4, 0.5) is 16.2 Å². The first-order chi connectivity index (χ1) is 13.0. The zero-order valence-electron chi connectivity index (χ0n) is 15.0. The number of urea groups is 1. The number of hydrogen-bond donors (Lipinski definition) is 2. The zero-order chi connectivity index (χ0) is 19.0. The Kier molecular flexibility index (Phi) is 4.44. The van der Waals surface area contributed by atoms with E-state index in [2.05, 4.69) is 15.5 Å². The molecule has 1 spiro atoms. The number of halogens is 1. The number of para-hydroxylation sites is 1. The number of hydrogen-bond acceptors (Lipinski definition) is 3. The van der Waals surface area contributed by atoms with Crippen molar-refractivity contribution in [3.63, 3.8) is 0 Å². The van der Waals surface area contributed by atoms with E-state index in [9.17, 15) is 9.59 Å². The van der Waals surface area contributed by atoms with Crippen LogP contribution in [-0.4, -0.2) is 42.6 Å². The third-order valence-corrected chi connectivity index (χ3v) is 5.69. The standard InChI is InChI=1S/C20H21ClN4O2/c1-24-17-8-7-14(21)13-16(17)18(26)23-20(24)9-11-25(12-10-20)19(27)22-15-5-3-2-4-6-15/h2-8,13H,9-12H2,1H3,(H,22,27)(H,23,26). The molecule has 2 aromatic carbocycles. The van der Waals surface area contributed by atoms with Crippen LogP contribution in [0.3, 0.4) is 0 Å². The first-order valence-corrected chi connectivity index (χ1v) is 9.33. The van der Waals surface area contributed by atoms with Gasteiger partial charge in [-0.15, -0.1) is 0 Å². The van der Waals surface area contributed by atoms with Gasteiger partial charge in [0.1, 0.15) is 5.66 Å². The van der Waals surface area contributed by atoms with Crippen molar-refractivity contribution < 1.29 is 9.59 Å².